The van der Waals surface area contributed by atoms with E-state index in [1.807, 2.05) is 20.8 Å². The molecule has 0 aromatic carbocycles. The number of aromatic nitrogens is 2. The Kier molecular flexibility index (Phi) is 5.74. The Morgan fingerprint density at radius 2 is 1.70 bits per heavy atom. The van der Waals surface area contributed by atoms with Crippen LogP contribution < -0.4 is 10.6 Å². The second kappa shape index (κ2) is 6.88. The molecule has 0 aliphatic carbocycles. The SMILES string of the molecule is CCNc1nc(C(C)C)nc(NCC(C)(C)CO)c1C. The lowest BCUT2D eigenvalue weighted by Crippen LogP contribution is -2.27. The Hall–Kier alpha value is -1.36. The Bertz CT molecular complexity index is 444. The lowest BCUT2D eigenvalue weighted by Gasteiger charge is -2.23. The van der Waals surface area contributed by atoms with Crippen LogP contribution in [0.3, 0.4) is 0 Å². The minimum atomic E-state index is -0.173. The molecule has 0 aliphatic rings. The third-order valence-corrected chi connectivity index (χ3v) is 3.19. The highest BCUT2D eigenvalue weighted by Gasteiger charge is 2.18. The molecule has 3 N–H and O–H groups in total. The van der Waals surface area contributed by atoms with E-state index in [1.54, 1.807) is 0 Å². The quantitative estimate of drug-likeness (QED) is 0.716. The first-order valence-corrected chi connectivity index (χ1v) is 7.28. The zero-order valence-electron chi connectivity index (χ0n) is 13.5. The molecule has 0 bridgehead atoms. The standard InChI is InChI=1S/C15H28N4O/c1-7-16-13-11(4)14(17-8-15(5,6)9-20)19-12(18-13)10(2)3/h10,20H,7-9H2,1-6H3,(H2,16,17,18,19). The average molecular weight is 280 g/mol. The highest BCUT2D eigenvalue weighted by Crippen LogP contribution is 2.24. The van der Waals surface area contributed by atoms with Crippen LogP contribution in [0.4, 0.5) is 11.6 Å². The maximum atomic E-state index is 9.34. The van der Waals surface area contributed by atoms with Gasteiger partial charge >= 0.3 is 0 Å². The van der Waals surface area contributed by atoms with Gasteiger partial charge in [0, 0.05) is 36.6 Å². The van der Waals surface area contributed by atoms with Gasteiger partial charge in [0.15, 0.2) is 0 Å². The lowest BCUT2D eigenvalue weighted by molar-refractivity contribution is 0.170. The van der Waals surface area contributed by atoms with Crippen molar-refractivity contribution < 1.29 is 5.11 Å². The van der Waals surface area contributed by atoms with E-state index in [2.05, 4.69) is 41.4 Å². The fraction of sp³-hybridized carbons (Fsp3) is 0.733. The van der Waals surface area contributed by atoms with E-state index in [1.165, 1.54) is 0 Å². The molecule has 114 valence electrons. The monoisotopic (exact) mass is 280 g/mol. The third kappa shape index (κ3) is 4.34. The predicted octanol–water partition coefficient (Wildman–Crippen LogP) is 2.77. The summed E-state index contributed by atoms with van der Waals surface area (Å²) in [6.45, 7) is 13.9. The highest BCUT2D eigenvalue weighted by molar-refractivity contribution is 5.57. The number of aliphatic hydroxyl groups is 1. The maximum Gasteiger partial charge on any atom is 0.135 e. The minimum absolute atomic E-state index is 0.140. The lowest BCUT2D eigenvalue weighted by atomic mass is 9.95. The van der Waals surface area contributed by atoms with Crippen molar-refractivity contribution in [2.45, 2.75) is 47.5 Å². The van der Waals surface area contributed by atoms with E-state index in [9.17, 15) is 5.11 Å². The number of hydrogen-bond acceptors (Lipinski definition) is 5. The van der Waals surface area contributed by atoms with Gasteiger partial charge in [-0.2, -0.15) is 0 Å². The van der Waals surface area contributed by atoms with E-state index in [0.717, 1.165) is 29.6 Å². The second-order valence-electron chi connectivity index (χ2n) is 6.26. The molecule has 0 saturated heterocycles. The molecule has 0 atom stereocenters. The van der Waals surface area contributed by atoms with E-state index < -0.39 is 0 Å². The first-order valence-electron chi connectivity index (χ1n) is 7.28. The summed E-state index contributed by atoms with van der Waals surface area (Å²) in [6, 6.07) is 0. The van der Waals surface area contributed by atoms with Gasteiger partial charge in [-0.1, -0.05) is 27.7 Å². The van der Waals surface area contributed by atoms with Crippen LogP contribution in [-0.2, 0) is 0 Å². The highest BCUT2D eigenvalue weighted by atomic mass is 16.3. The van der Waals surface area contributed by atoms with E-state index in [-0.39, 0.29) is 17.9 Å². The number of nitrogens with one attached hydrogen (secondary N) is 2. The molecule has 0 unspecified atom stereocenters. The first-order chi connectivity index (χ1) is 9.30. The number of aliphatic hydroxyl groups excluding tert-OH is 1. The number of rotatable bonds is 7. The van der Waals surface area contributed by atoms with Gasteiger partial charge in [0.1, 0.15) is 17.5 Å². The van der Waals surface area contributed by atoms with Gasteiger partial charge in [0.2, 0.25) is 0 Å². The number of nitrogens with zero attached hydrogens (tertiary/aromatic N) is 2. The summed E-state index contributed by atoms with van der Waals surface area (Å²) in [6.07, 6.45) is 0. The Morgan fingerprint density at radius 3 is 2.15 bits per heavy atom. The normalized spacial score (nSPS) is 11.8. The van der Waals surface area contributed by atoms with Gasteiger partial charge in [-0.25, -0.2) is 9.97 Å². The summed E-state index contributed by atoms with van der Waals surface area (Å²) < 4.78 is 0. The van der Waals surface area contributed by atoms with Crippen LogP contribution in [-0.4, -0.2) is 34.8 Å². The molecule has 1 aromatic rings. The summed E-state index contributed by atoms with van der Waals surface area (Å²) in [5, 5.41) is 16.0. The van der Waals surface area contributed by atoms with E-state index >= 15 is 0 Å². The summed E-state index contributed by atoms with van der Waals surface area (Å²) >= 11 is 0. The molecule has 1 heterocycles. The van der Waals surface area contributed by atoms with Crippen molar-refractivity contribution in [3.05, 3.63) is 11.4 Å². The van der Waals surface area contributed by atoms with E-state index in [4.69, 9.17) is 0 Å². The summed E-state index contributed by atoms with van der Waals surface area (Å²) in [5.74, 6) is 2.84. The Balaban J connectivity index is 3.04. The average Bonchev–Trinajstić information content (AvgIpc) is 2.39. The third-order valence-electron chi connectivity index (χ3n) is 3.19. The van der Waals surface area contributed by atoms with Crippen LogP contribution in [0.2, 0.25) is 0 Å². The molecule has 0 radical (unpaired) electrons. The van der Waals surface area contributed by atoms with Crippen molar-refractivity contribution in [2.75, 3.05) is 30.3 Å². The smallest absolute Gasteiger partial charge is 0.135 e. The molecule has 0 saturated carbocycles. The molecule has 5 heteroatoms. The van der Waals surface area contributed by atoms with Gasteiger partial charge in [0.05, 0.1) is 0 Å². The Labute approximate surface area is 122 Å². The molecule has 0 spiro atoms. The summed E-state index contributed by atoms with van der Waals surface area (Å²) in [4.78, 5) is 9.18. The van der Waals surface area contributed by atoms with Gasteiger partial charge in [-0.05, 0) is 13.8 Å². The number of anilines is 2. The number of hydrogen-bond donors (Lipinski definition) is 3. The molecule has 0 fully saturated rings. The topological polar surface area (TPSA) is 70.1 Å². The van der Waals surface area contributed by atoms with Crippen LogP contribution in [0.5, 0.6) is 0 Å². The second-order valence-corrected chi connectivity index (χ2v) is 6.26. The molecule has 1 aromatic heterocycles. The largest absolute Gasteiger partial charge is 0.396 e. The van der Waals surface area contributed by atoms with Crippen molar-refractivity contribution in [1.82, 2.24) is 9.97 Å². The van der Waals surface area contributed by atoms with Crippen molar-refractivity contribution in [1.29, 1.82) is 0 Å². The maximum absolute atomic E-state index is 9.34. The summed E-state index contributed by atoms with van der Waals surface area (Å²) in [5.41, 5.74) is 0.846. The molecular weight excluding hydrogens is 252 g/mol. The molecular formula is C15H28N4O. The summed E-state index contributed by atoms with van der Waals surface area (Å²) in [7, 11) is 0. The molecule has 20 heavy (non-hydrogen) atoms. The van der Waals surface area contributed by atoms with Gasteiger partial charge in [0.25, 0.3) is 0 Å². The zero-order valence-corrected chi connectivity index (χ0v) is 13.5. The zero-order chi connectivity index (χ0) is 15.3. The fourth-order valence-electron chi connectivity index (χ4n) is 1.68. The van der Waals surface area contributed by atoms with E-state index in [0.29, 0.717) is 6.54 Å². The van der Waals surface area contributed by atoms with Crippen molar-refractivity contribution in [2.24, 2.45) is 5.41 Å². The minimum Gasteiger partial charge on any atom is -0.396 e. The predicted molar refractivity (Wildman–Crippen MR) is 84.4 cm³/mol. The van der Waals surface area contributed by atoms with Crippen LogP contribution in [0, 0.1) is 12.3 Å². The van der Waals surface area contributed by atoms with Gasteiger partial charge in [-0.15, -0.1) is 0 Å². The van der Waals surface area contributed by atoms with Crippen LogP contribution in [0.15, 0.2) is 0 Å². The first kappa shape index (κ1) is 16.7. The van der Waals surface area contributed by atoms with Crippen molar-refractivity contribution >= 4 is 11.6 Å². The van der Waals surface area contributed by atoms with Gasteiger partial charge in [-0.3, -0.25) is 0 Å². The van der Waals surface area contributed by atoms with Crippen molar-refractivity contribution in [3.63, 3.8) is 0 Å². The Morgan fingerprint density at radius 1 is 1.15 bits per heavy atom. The fourth-order valence-corrected chi connectivity index (χ4v) is 1.68. The molecule has 0 amide bonds. The molecule has 1 rings (SSSR count). The molecule has 0 aliphatic heterocycles. The van der Waals surface area contributed by atoms with Crippen LogP contribution >= 0.6 is 0 Å². The molecule has 5 nitrogen and oxygen atoms in total. The van der Waals surface area contributed by atoms with Gasteiger partial charge < -0.3 is 15.7 Å². The van der Waals surface area contributed by atoms with Crippen molar-refractivity contribution in [3.8, 4) is 0 Å². The van der Waals surface area contributed by atoms with Crippen LogP contribution in [0.1, 0.15) is 51.9 Å². The van der Waals surface area contributed by atoms with Crippen LogP contribution in [0.25, 0.3) is 0 Å².